The molecule has 2 N–H and O–H groups in total. The topological polar surface area (TPSA) is 59.5 Å². The lowest BCUT2D eigenvalue weighted by atomic mass is 9.97. The van der Waals surface area contributed by atoms with Crippen LogP contribution in [0.4, 0.5) is 0 Å². The second kappa shape index (κ2) is 5.14. The summed E-state index contributed by atoms with van der Waals surface area (Å²) in [6, 6.07) is 0. The van der Waals surface area contributed by atoms with E-state index in [2.05, 4.69) is 0 Å². The lowest BCUT2D eigenvalue weighted by Crippen LogP contribution is -2.42. The summed E-state index contributed by atoms with van der Waals surface area (Å²) in [7, 11) is 0. The van der Waals surface area contributed by atoms with Crippen molar-refractivity contribution in [2.45, 2.75) is 33.6 Å². The van der Waals surface area contributed by atoms with Crippen LogP contribution in [0.1, 0.15) is 40.3 Å². The maximum absolute atomic E-state index is 12.5. The number of carbonyl (C=O) groups excluding carboxylic acids is 1. The van der Waals surface area contributed by atoms with E-state index in [4.69, 9.17) is 10.2 Å². The standard InChI is InChI=1S/C14H22N2O2/c1-9-10(2)18-11(3)13(9)14(17)16-6-4-5-12(7-15)8-16/h12H,4-8,15H2,1-3H3. The van der Waals surface area contributed by atoms with Gasteiger partial charge in [-0.15, -0.1) is 0 Å². The number of nitrogens with two attached hydrogens (primary N) is 1. The number of aryl methyl sites for hydroxylation is 2. The van der Waals surface area contributed by atoms with Crippen LogP contribution in [0.3, 0.4) is 0 Å². The van der Waals surface area contributed by atoms with E-state index in [0.717, 1.165) is 48.6 Å². The summed E-state index contributed by atoms with van der Waals surface area (Å²) in [6.45, 7) is 7.97. The maximum atomic E-state index is 12.5. The fourth-order valence-corrected chi connectivity index (χ4v) is 2.71. The zero-order valence-electron chi connectivity index (χ0n) is 11.5. The Kier molecular flexibility index (Phi) is 3.76. The molecule has 1 saturated heterocycles. The number of amides is 1. The molecule has 0 aromatic carbocycles. The molecule has 0 spiro atoms. The Morgan fingerprint density at radius 3 is 2.67 bits per heavy atom. The lowest BCUT2D eigenvalue weighted by molar-refractivity contribution is 0.0676. The van der Waals surface area contributed by atoms with Crippen LogP contribution < -0.4 is 5.73 Å². The van der Waals surface area contributed by atoms with Gasteiger partial charge in [0.2, 0.25) is 0 Å². The van der Waals surface area contributed by atoms with Crippen molar-refractivity contribution in [1.29, 1.82) is 0 Å². The number of nitrogens with zero attached hydrogens (tertiary/aromatic N) is 1. The average molecular weight is 250 g/mol. The minimum absolute atomic E-state index is 0.0972. The van der Waals surface area contributed by atoms with Crippen LogP contribution >= 0.6 is 0 Å². The Bertz CT molecular complexity index is 451. The van der Waals surface area contributed by atoms with Gasteiger partial charge >= 0.3 is 0 Å². The first kappa shape index (κ1) is 13.1. The van der Waals surface area contributed by atoms with Gasteiger partial charge in [0, 0.05) is 18.7 Å². The zero-order chi connectivity index (χ0) is 13.3. The number of rotatable bonds is 2. The molecule has 1 aliphatic rings. The van der Waals surface area contributed by atoms with E-state index in [1.807, 2.05) is 25.7 Å². The Hall–Kier alpha value is -1.29. The molecule has 0 bridgehead atoms. The second-order valence-electron chi connectivity index (χ2n) is 5.21. The number of carbonyl (C=O) groups is 1. The molecule has 18 heavy (non-hydrogen) atoms. The summed E-state index contributed by atoms with van der Waals surface area (Å²) in [6.07, 6.45) is 2.17. The Morgan fingerprint density at radius 2 is 2.11 bits per heavy atom. The number of likely N-dealkylation sites (tertiary alicyclic amines) is 1. The molecule has 1 aliphatic heterocycles. The van der Waals surface area contributed by atoms with E-state index >= 15 is 0 Å². The van der Waals surface area contributed by atoms with E-state index in [1.165, 1.54) is 0 Å². The monoisotopic (exact) mass is 250 g/mol. The molecule has 2 heterocycles. The van der Waals surface area contributed by atoms with Crippen LogP contribution in [0, 0.1) is 26.7 Å². The molecule has 1 aromatic heterocycles. The van der Waals surface area contributed by atoms with Crippen LogP contribution in [0.5, 0.6) is 0 Å². The van der Waals surface area contributed by atoms with Crippen LogP contribution in [0.25, 0.3) is 0 Å². The molecule has 0 aliphatic carbocycles. The minimum Gasteiger partial charge on any atom is -0.466 e. The summed E-state index contributed by atoms with van der Waals surface area (Å²) in [4.78, 5) is 14.5. The largest absolute Gasteiger partial charge is 0.466 e. The summed E-state index contributed by atoms with van der Waals surface area (Å²) >= 11 is 0. The van der Waals surface area contributed by atoms with Gasteiger partial charge in [0.25, 0.3) is 5.91 Å². The second-order valence-corrected chi connectivity index (χ2v) is 5.21. The Morgan fingerprint density at radius 1 is 1.39 bits per heavy atom. The third kappa shape index (κ3) is 2.29. The van der Waals surface area contributed by atoms with Crippen molar-refractivity contribution in [2.75, 3.05) is 19.6 Å². The van der Waals surface area contributed by atoms with E-state index in [9.17, 15) is 4.79 Å². The number of hydrogen-bond donors (Lipinski definition) is 1. The highest BCUT2D eigenvalue weighted by Gasteiger charge is 2.27. The molecule has 1 atom stereocenters. The molecule has 4 heteroatoms. The van der Waals surface area contributed by atoms with Gasteiger partial charge < -0.3 is 15.1 Å². The molecule has 1 unspecified atom stereocenters. The minimum atomic E-state index is 0.0972. The van der Waals surface area contributed by atoms with E-state index in [0.29, 0.717) is 12.5 Å². The van der Waals surface area contributed by atoms with Crippen molar-refractivity contribution in [3.63, 3.8) is 0 Å². The van der Waals surface area contributed by atoms with Gasteiger partial charge in [-0.3, -0.25) is 4.79 Å². The Balaban J connectivity index is 2.20. The molecule has 0 saturated carbocycles. The molecule has 1 aromatic rings. The molecule has 1 fully saturated rings. The normalized spacial score (nSPS) is 20.2. The number of piperidine rings is 1. The third-order valence-electron chi connectivity index (χ3n) is 3.91. The van der Waals surface area contributed by atoms with Crippen LogP contribution in [-0.2, 0) is 0 Å². The summed E-state index contributed by atoms with van der Waals surface area (Å²) in [5.74, 6) is 2.10. The van der Waals surface area contributed by atoms with Crippen molar-refractivity contribution in [2.24, 2.45) is 11.7 Å². The first-order chi connectivity index (χ1) is 8.54. The SMILES string of the molecule is Cc1oc(C)c(C(=O)N2CCCC(CN)C2)c1C. The predicted molar refractivity (Wildman–Crippen MR) is 70.6 cm³/mol. The molecule has 100 valence electrons. The molecule has 0 radical (unpaired) electrons. The first-order valence-electron chi connectivity index (χ1n) is 6.60. The van der Waals surface area contributed by atoms with E-state index in [-0.39, 0.29) is 5.91 Å². The Labute approximate surface area is 108 Å². The van der Waals surface area contributed by atoms with Gasteiger partial charge in [-0.25, -0.2) is 0 Å². The highest BCUT2D eigenvalue weighted by molar-refractivity contribution is 5.96. The number of hydrogen-bond acceptors (Lipinski definition) is 3. The van der Waals surface area contributed by atoms with Gasteiger partial charge in [-0.1, -0.05) is 0 Å². The van der Waals surface area contributed by atoms with Gasteiger partial charge in [-0.2, -0.15) is 0 Å². The summed E-state index contributed by atoms with van der Waals surface area (Å²) < 4.78 is 5.54. The molecule has 2 rings (SSSR count). The van der Waals surface area contributed by atoms with Crippen LogP contribution in [-0.4, -0.2) is 30.4 Å². The van der Waals surface area contributed by atoms with Crippen molar-refractivity contribution < 1.29 is 9.21 Å². The third-order valence-corrected chi connectivity index (χ3v) is 3.91. The average Bonchev–Trinajstić information content (AvgIpc) is 2.62. The number of furan rings is 1. The highest BCUT2D eigenvalue weighted by Crippen LogP contribution is 2.24. The molecule has 4 nitrogen and oxygen atoms in total. The van der Waals surface area contributed by atoms with E-state index < -0.39 is 0 Å². The van der Waals surface area contributed by atoms with Crippen LogP contribution in [0.15, 0.2) is 4.42 Å². The van der Waals surface area contributed by atoms with E-state index in [1.54, 1.807) is 0 Å². The molecule has 1 amide bonds. The first-order valence-corrected chi connectivity index (χ1v) is 6.60. The highest BCUT2D eigenvalue weighted by atomic mass is 16.3. The van der Waals surface area contributed by atoms with Gasteiger partial charge in [0.05, 0.1) is 5.56 Å². The predicted octanol–water partition coefficient (Wildman–Crippen LogP) is 2.02. The van der Waals surface area contributed by atoms with Crippen molar-refractivity contribution in [1.82, 2.24) is 4.90 Å². The van der Waals surface area contributed by atoms with Gasteiger partial charge in [0.1, 0.15) is 11.5 Å². The smallest absolute Gasteiger partial charge is 0.257 e. The molecular weight excluding hydrogens is 228 g/mol. The van der Waals surface area contributed by atoms with Crippen molar-refractivity contribution >= 4 is 5.91 Å². The fraction of sp³-hybridized carbons (Fsp3) is 0.643. The fourth-order valence-electron chi connectivity index (χ4n) is 2.71. The van der Waals surface area contributed by atoms with Crippen molar-refractivity contribution in [3.8, 4) is 0 Å². The van der Waals surface area contributed by atoms with Gasteiger partial charge in [0.15, 0.2) is 0 Å². The molecular formula is C14H22N2O2. The van der Waals surface area contributed by atoms with Crippen molar-refractivity contribution in [3.05, 3.63) is 22.6 Å². The van der Waals surface area contributed by atoms with Gasteiger partial charge in [-0.05, 0) is 46.1 Å². The zero-order valence-corrected chi connectivity index (χ0v) is 11.5. The quantitative estimate of drug-likeness (QED) is 0.873. The summed E-state index contributed by atoms with van der Waals surface area (Å²) in [5, 5.41) is 0. The lowest BCUT2D eigenvalue weighted by Gasteiger charge is -2.32. The maximum Gasteiger partial charge on any atom is 0.257 e. The van der Waals surface area contributed by atoms with Crippen LogP contribution in [0.2, 0.25) is 0 Å². The summed E-state index contributed by atoms with van der Waals surface area (Å²) in [5.41, 5.74) is 7.42.